The molecular weight excluding hydrogens is 238 g/mol. The second-order valence-electron chi connectivity index (χ2n) is 4.76. The highest BCUT2D eigenvalue weighted by Crippen LogP contribution is 2.26. The van der Waals surface area contributed by atoms with E-state index in [4.69, 9.17) is 9.47 Å². The molecule has 0 unspecified atom stereocenters. The SMILES string of the molecule is COc1ccc2cc([C@H](C)C3=NCCO3)ccc2c1. The molecule has 0 aliphatic carbocycles. The van der Waals surface area contributed by atoms with Crippen molar-refractivity contribution < 1.29 is 9.47 Å². The number of benzene rings is 2. The van der Waals surface area contributed by atoms with Crippen molar-refractivity contribution in [2.75, 3.05) is 20.3 Å². The third-order valence-electron chi connectivity index (χ3n) is 3.55. The van der Waals surface area contributed by atoms with Gasteiger partial charge < -0.3 is 9.47 Å². The van der Waals surface area contributed by atoms with Crippen molar-refractivity contribution in [2.24, 2.45) is 4.99 Å². The highest BCUT2D eigenvalue weighted by Gasteiger charge is 2.18. The number of hydrogen-bond donors (Lipinski definition) is 0. The van der Waals surface area contributed by atoms with Gasteiger partial charge in [-0.2, -0.15) is 0 Å². The van der Waals surface area contributed by atoms with E-state index in [9.17, 15) is 0 Å². The van der Waals surface area contributed by atoms with Gasteiger partial charge in [0.05, 0.1) is 19.6 Å². The summed E-state index contributed by atoms with van der Waals surface area (Å²) in [5, 5.41) is 2.40. The molecule has 0 N–H and O–H groups in total. The lowest BCUT2D eigenvalue weighted by atomic mass is 9.97. The van der Waals surface area contributed by atoms with Crippen molar-refractivity contribution in [1.82, 2.24) is 0 Å². The van der Waals surface area contributed by atoms with Gasteiger partial charge in [0.15, 0.2) is 5.90 Å². The predicted molar refractivity (Wildman–Crippen MR) is 77.2 cm³/mol. The Balaban J connectivity index is 1.97. The van der Waals surface area contributed by atoms with Crippen LogP contribution < -0.4 is 4.74 Å². The molecule has 0 bridgehead atoms. The molecule has 0 fully saturated rings. The van der Waals surface area contributed by atoms with E-state index < -0.39 is 0 Å². The van der Waals surface area contributed by atoms with E-state index in [-0.39, 0.29) is 5.92 Å². The van der Waals surface area contributed by atoms with E-state index >= 15 is 0 Å². The maximum Gasteiger partial charge on any atom is 0.190 e. The van der Waals surface area contributed by atoms with Crippen LogP contribution in [0.1, 0.15) is 18.4 Å². The van der Waals surface area contributed by atoms with Crippen LogP contribution in [0.25, 0.3) is 10.8 Å². The average molecular weight is 255 g/mol. The van der Waals surface area contributed by atoms with Crippen LogP contribution in [-0.2, 0) is 4.74 Å². The highest BCUT2D eigenvalue weighted by molar-refractivity contribution is 5.88. The first kappa shape index (κ1) is 12.0. The molecule has 0 spiro atoms. The number of ether oxygens (including phenoxy) is 2. The summed E-state index contributed by atoms with van der Waals surface area (Å²) in [6.45, 7) is 3.63. The fourth-order valence-corrected chi connectivity index (χ4v) is 2.39. The van der Waals surface area contributed by atoms with Crippen molar-refractivity contribution in [2.45, 2.75) is 12.8 Å². The van der Waals surface area contributed by atoms with Crippen molar-refractivity contribution >= 4 is 16.7 Å². The minimum atomic E-state index is 0.217. The van der Waals surface area contributed by atoms with Gasteiger partial charge in [-0.05, 0) is 35.4 Å². The van der Waals surface area contributed by atoms with Crippen LogP contribution >= 0.6 is 0 Å². The van der Waals surface area contributed by atoms with Gasteiger partial charge in [-0.1, -0.05) is 24.3 Å². The first-order chi connectivity index (χ1) is 9.28. The first-order valence-electron chi connectivity index (χ1n) is 6.53. The number of nitrogens with zero attached hydrogens (tertiary/aromatic N) is 1. The maximum atomic E-state index is 5.55. The number of hydrogen-bond acceptors (Lipinski definition) is 3. The predicted octanol–water partition coefficient (Wildman–Crippen LogP) is 3.38. The van der Waals surface area contributed by atoms with E-state index in [1.807, 2.05) is 12.1 Å². The Morgan fingerprint density at radius 1 is 1.16 bits per heavy atom. The lowest BCUT2D eigenvalue weighted by Gasteiger charge is -2.13. The van der Waals surface area contributed by atoms with Crippen molar-refractivity contribution in [3.63, 3.8) is 0 Å². The standard InChI is InChI=1S/C16H17NO2/c1-11(16-17-7-8-19-16)12-3-4-14-10-15(18-2)6-5-13(14)9-12/h3-6,9-11H,7-8H2,1-2H3/t11-/m0/s1. The van der Waals surface area contributed by atoms with E-state index in [0.717, 1.165) is 18.2 Å². The first-order valence-corrected chi connectivity index (χ1v) is 6.53. The monoisotopic (exact) mass is 255 g/mol. The zero-order valence-corrected chi connectivity index (χ0v) is 11.2. The van der Waals surface area contributed by atoms with Gasteiger partial charge in [-0.3, -0.25) is 4.99 Å². The summed E-state index contributed by atoms with van der Waals surface area (Å²) in [6, 6.07) is 12.6. The van der Waals surface area contributed by atoms with Gasteiger partial charge in [0.25, 0.3) is 0 Å². The van der Waals surface area contributed by atoms with Crippen LogP contribution in [0.2, 0.25) is 0 Å². The summed E-state index contributed by atoms with van der Waals surface area (Å²) in [4.78, 5) is 4.39. The molecule has 0 saturated heterocycles. The normalized spacial score (nSPS) is 16.0. The quantitative estimate of drug-likeness (QED) is 0.841. The molecule has 1 atom stereocenters. The van der Waals surface area contributed by atoms with E-state index in [0.29, 0.717) is 6.61 Å². The zero-order chi connectivity index (χ0) is 13.2. The lowest BCUT2D eigenvalue weighted by Crippen LogP contribution is -2.09. The summed E-state index contributed by atoms with van der Waals surface area (Å²) < 4.78 is 10.8. The highest BCUT2D eigenvalue weighted by atomic mass is 16.5. The van der Waals surface area contributed by atoms with Gasteiger partial charge in [-0.15, -0.1) is 0 Å². The molecule has 1 heterocycles. The van der Waals surface area contributed by atoms with Gasteiger partial charge in [-0.25, -0.2) is 0 Å². The number of fused-ring (bicyclic) bond motifs is 1. The van der Waals surface area contributed by atoms with E-state index in [1.165, 1.54) is 16.3 Å². The Morgan fingerprint density at radius 3 is 2.68 bits per heavy atom. The lowest BCUT2D eigenvalue weighted by molar-refractivity contribution is 0.334. The zero-order valence-electron chi connectivity index (χ0n) is 11.2. The molecule has 1 aliphatic heterocycles. The maximum absolute atomic E-state index is 5.55. The van der Waals surface area contributed by atoms with Crippen LogP contribution in [0, 0.1) is 0 Å². The molecule has 0 aromatic heterocycles. The molecule has 98 valence electrons. The van der Waals surface area contributed by atoms with Crippen LogP contribution in [-0.4, -0.2) is 26.2 Å². The molecule has 0 amide bonds. The Kier molecular flexibility index (Phi) is 3.11. The molecule has 0 saturated carbocycles. The largest absolute Gasteiger partial charge is 0.497 e. The summed E-state index contributed by atoms with van der Waals surface area (Å²) in [7, 11) is 1.69. The van der Waals surface area contributed by atoms with E-state index in [1.54, 1.807) is 7.11 Å². The fraction of sp³-hybridized carbons (Fsp3) is 0.312. The van der Waals surface area contributed by atoms with Crippen molar-refractivity contribution in [3.05, 3.63) is 42.0 Å². The Morgan fingerprint density at radius 2 is 1.95 bits per heavy atom. The molecule has 3 rings (SSSR count). The number of rotatable bonds is 3. The summed E-state index contributed by atoms with van der Waals surface area (Å²) in [5.74, 6) is 1.96. The minimum Gasteiger partial charge on any atom is -0.497 e. The molecule has 2 aromatic carbocycles. The fourth-order valence-electron chi connectivity index (χ4n) is 2.39. The molecular formula is C16H17NO2. The molecule has 2 aromatic rings. The third kappa shape index (κ3) is 2.28. The van der Waals surface area contributed by atoms with Crippen LogP contribution in [0.4, 0.5) is 0 Å². The molecule has 19 heavy (non-hydrogen) atoms. The average Bonchev–Trinajstić information content (AvgIpc) is 2.99. The summed E-state index contributed by atoms with van der Waals surface area (Å²) >= 11 is 0. The van der Waals surface area contributed by atoms with Crippen molar-refractivity contribution in [1.29, 1.82) is 0 Å². The Hall–Kier alpha value is -2.03. The van der Waals surface area contributed by atoms with E-state index in [2.05, 4.69) is 36.2 Å². The summed E-state index contributed by atoms with van der Waals surface area (Å²) in [5.41, 5.74) is 1.23. The van der Waals surface area contributed by atoms with Gasteiger partial charge in [0, 0.05) is 0 Å². The second kappa shape index (κ2) is 4.92. The number of aliphatic imine (C=N–C) groups is 1. The second-order valence-corrected chi connectivity index (χ2v) is 4.76. The molecule has 1 aliphatic rings. The topological polar surface area (TPSA) is 30.8 Å². The van der Waals surface area contributed by atoms with Crippen molar-refractivity contribution in [3.8, 4) is 5.75 Å². The van der Waals surface area contributed by atoms with Gasteiger partial charge in [0.2, 0.25) is 0 Å². The third-order valence-corrected chi connectivity index (χ3v) is 3.55. The Labute approximate surface area is 112 Å². The molecule has 0 radical (unpaired) electrons. The van der Waals surface area contributed by atoms with Gasteiger partial charge >= 0.3 is 0 Å². The van der Waals surface area contributed by atoms with Crippen LogP contribution in [0.15, 0.2) is 41.4 Å². The van der Waals surface area contributed by atoms with Gasteiger partial charge in [0.1, 0.15) is 12.4 Å². The molecule has 3 heteroatoms. The number of methoxy groups -OCH3 is 1. The smallest absolute Gasteiger partial charge is 0.190 e. The minimum absolute atomic E-state index is 0.217. The molecule has 3 nitrogen and oxygen atoms in total. The van der Waals surface area contributed by atoms with Crippen LogP contribution in [0.5, 0.6) is 5.75 Å². The Bertz CT molecular complexity index is 634. The summed E-state index contributed by atoms with van der Waals surface area (Å²) in [6.07, 6.45) is 0. The van der Waals surface area contributed by atoms with Crippen LogP contribution in [0.3, 0.4) is 0 Å².